The Hall–Kier alpha value is -1.55. The first-order valence-electron chi connectivity index (χ1n) is 6.83. The Balaban J connectivity index is 2.09. The normalized spacial score (nSPS) is 13.4. The maximum absolute atomic E-state index is 5.47. The van der Waals surface area contributed by atoms with E-state index >= 15 is 0 Å². The lowest BCUT2D eigenvalue weighted by Gasteiger charge is -2.30. The molecule has 4 nitrogen and oxygen atoms in total. The van der Waals surface area contributed by atoms with Gasteiger partial charge in [-0.1, -0.05) is 13.8 Å². The molecular weight excluding hydrogens is 238 g/mol. The molecule has 2 heterocycles. The first kappa shape index (κ1) is 13.9. The van der Waals surface area contributed by atoms with Crippen LogP contribution in [0.15, 0.2) is 28.9 Å². The third-order valence-electron chi connectivity index (χ3n) is 3.60. The monoisotopic (exact) mass is 261 g/mol. The number of aromatic nitrogens is 2. The van der Waals surface area contributed by atoms with Gasteiger partial charge in [-0.15, -0.1) is 0 Å². The van der Waals surface area contributed by atoms with Crippen molar-refractivity contribution in [3.05, 3.63) is 41.6 Å². The second kappa shape index (κ2) is 6.06. The van der Waals surface area contributed by atoms with Crippen LogP contribution in [0.25, 0.3) is 0 Å². The zero-order valence-electron chi connectivity index (χ0n) is 12.2. The summed E-state index contributed by atoms with van der Waals surface area (Å²) in [5.41, 5.74) is 2.18. The van der Waals surface area contributed by atoms with Crippen LogP contribution in [0.2, 0.25) is 0 Å². The molecule has 0 aliphatic heterocycles. The van der Waals surface area contributed by atoms with Crippen LogP contribution in [0.4, 0.5) is 0 Å². The van der Waals surface area contributed by atoms with E-state index in [0.29, 0.717) is 12.0 Å². The van der Waals surface area contributed by atoms with E-state index in [1.165, 1.54) is 0 Å². The lowest BCUT2D eigenvalue weighted by Crippen LogP contribution is -2.35. The molecule has 4 heteroatoms. The van der Waals surface area contributed by atoms with Gasteiger partial charge < -0.3 is 4.42 Å². The number of aryl methyl sites for hydroxylation is 1. The van der Waals surface area contributed by atoms with Crippen molar-refractivity contribution in [1.82, 2.24) is 15.1 Å². The zero-order valence-corrected chi connectivity index (χ0v) is 12.2. The Bertz CT molecular complexity index is 487. The SMILES string of the molecule is Cc1cc(CN(Cc2ccco2)[C@H](C)C(C)C)n[nH]1. The minimum absolute atomic E-state index is 0.474. The number of H-pyrrole nitrogens is 1. The molecule has 0 amide bonds. The molecule has 1 N–H and O–H groups in total. The van der Waals surface area contributed by atoms with Crippen molar-refractivity contribution in [3.63, 3.8) is 0 Å². The van der Waals surface area contributed by atoms with Gasteiger partial charge in [-0.2, -0.15) is 5.10 Å². The number of hydrogen-bond donors (Lipinski definition) is 1. The second-order valence-corrected chi connectivity index (χ2v) is 5.51. The van der Waals surface area contributed by atoms with Crippen molar-refractivity contribution in [2.24, 2.45) is 5.92 Å². The van der Waals surface area contributed by atoms with Gasteiger partial charge in [-0.25, -0.2) is 0 Å². The highest BCUT2D eigenvalue weighted by Crippen LogP contribution is 2.17. The van der Waals surface area contributed by atoms with Gasteiger partial charge in [0.15, 0.2) is 0 Å². The molecular formula is C15H23N3O. The van der Waals surface area contributed by atoms with E-state index in [0.717, 1.165) is 30.2 Å². The molecule has 0 aromatic carbocycles. The van der Waals surface area contributed by atoms with Crippen molar-refractivity contribution >= 4 is 0 Å². The van der Waals surface area contributed by atoms with Crippen molar-refractivity contribution < 1.29 is 4.42 Å². The Kier molecular flexibility index (Phi) is 4.43. The summed E-state index contributed by atoms with van der Waals surface area (Å²) in [6.45, 7) is 10.4. The first-order valence-corrected chi connectivity index (χ1v) is 6.83. The third kappa shape index (κ3) is 3.70. The van der Waals surface area contributed by atoms with Crippen molar-refractivity contribution in [2.45, 2.75) is 46.8 Å². The number of nitrogens with one attached hydrogen (secondary N) is 1. The lowest BCUT2D eigenvalue weighted by atomic mass is 10.0. The van der Waals surface area contributed by atoms with Crippen LogP contribution in [0.3, 0.4) is 0 Å². The molecule has 0 radical (unpaired) electrons. The third-order valence-corrected chi connectivity index (χ3v) is 3.60. The minimum atomic E-state index is 0.474. The number of nitrogens with zero attached hydrogens (tertiary/aromatic N) is 2. The molecule has 0 aliphatic carbocycles. The number of aromatic amines is 1. The number of furan rings is 1. The molecule has 0 spiro atoms. The number of rotatable bonds is 6. The quantitative estimate of drug-likeness (QED) is 0.867. The fourth-order valence-electron chi connectivity index (χ4n) is 2.13. The van der Waals surface area contributed by atoms with Gasteiger partial charge in [0.25, 0.3) is 0 Å². The lowest BCUT2D eigenvalue weighted by molar-refractivity contribution is 0.139. The van der Waals surface area contributed by atoms with Crippen LogP contribution >= 0.6 is 0 Å². The summed E-state index contributed by atoms with van der Waals surface area (Å²) in [5, 5.41) is 7.33. The summed E-state index contributed by atoms with van der Waals surface area (Å²) in [5.74, 6) is 1.59. The van der Waals surface area contributed by atoms with E-state index in [4.69, 9.17) is 4.42 Å². The molecule has 0 bridgehead atoms. The van der Waals surface area contributed by atoms with Crippen molar-refractivity contribution in [1.29, 1.82) is 0 Å². The van der Waals surface area contributed by atoms with Crippen LogP contribution < -0.4 is 0 Å². The molecule has 2 rings (SSSR count). The van der Waals surface area contributed by atoms with Crippen molar-refractivity contribution in [3.8, 4) is 0 Å². The molecule has 0 aliphatic rings. The second-order valence-electron chi connectivity index (χ2n) is 5.51. The predicted molar refractivity (Wildman–Crippen MR) is 75.6 cm³/mol. The fraction of sp³-hybridized carbons (Fsp3) is 0.533. The van der Waals surface area contributed by atoms with E-state index in [2.05, 4.69) is 41.9 Å². The molecule has 2 aromatic rings. The Morgan fingerprint density at radius 1 is 1.32 bits per heavy atom. The Morgan fingerprint density at radius 2 is 2.11 bits per heavy atom. The van der Waals surface area contributed by atoms with Gasteiger partial charge in [0.05, 0.1) is 18.5 Å². The van der Waals surface area contributed by atoms with Crippen LogP contribution in [-0.4, -0.2) is 21.1 Å². The first-order chi connectivity index (χ1) is 9.06. The Morgan fingerprint density at radius 3 is 2.63 bits per heavy atom. The average molecular weight is 261 g/mol. The highest BCUT2D eigenvalue weighted by molar-refractivity contribution is 5.07. The highest BCUT2D eigenvalue weighted by atomic mass is 16.3. The van der Waals surface area contributed by atoms with Gasteiger partial charge in [-0.3, -0.25) is 10.00 Å². The number of hydrogen-bond acceptors (Lipinski definition) is 3. The van der Waals surface area contributed by atoms with Crippen LogP contribution in [0, 0.1) is 12.8 Å². The van der Waals surface area contributed by atoms with E-state index < -0.39 is 0 Å². The summed E-state index contributed by atoms with van der Waals surface area (Å²) >= 11 is 0. The van der Waals surface area contributed by atoms with E-state index in [1.54, 1.807) is 6.26 Å². The van der Waals surface area contributed by atoms with Crippen LogP contribution in [0.1, 0.15) is 37.9 Å². The van der Waals surface area contributed by atoms with Crippen LogP contribution in [-0.2, 0) is 13.1 Å². The predicted octanol–water partition coefficient (Wildman–Crippen LogP) is 3.36. The standard InChI is InChI=1S/C15H23N3O/c1-11(2)13(4)18(10-15-6-5-7-19-15)9-14-8-12(3)16-17-14/h5-8,11,13H,9-10H2,1-4H3,(H,16,17)/t13-/m1/s1. The van der Waals surface area contributed by atoms with Gasteiger partial charge in [0.1, 0.15) is 5.76 Å². The molecule has 0 fully saturated rings. The smallest absolute Gasteiger partial charge is 0.117 e. The summed E-state index contributed by atoms with van der Waals surface area (Å²) in [7, 11) is 0. The minimum Gasteiger partial charge on any atom is -0.468 e. The van der Waals surface area contributed by atoms with Gasteiger partial charge >= 0.3 is 0 Å². The molecule has 104 valence electrons. The van der Waals surface area contributed by atoms with Crippen molar-refractivity contribution in [2.75, 3.05) is 0 Å². The summed E-state index contributed by atoms with van der Waals surface area (Å²) < 4.78 is 5.47. The maximum Gasteiger partial charge on any atom is 0.117 e. The summed E-state index contributed by atoms with van der Waals surface area (Å²) in [6, 6.07) is 6.53. The van der Waals surface area contributed by atoms with E-state index in [1.807, 2.05) is 19.1 Å². The molecule has 2 aromatic heterocycles. The summed E-state index contributed by atoms with van der Waals surface area (Å²) in [6.07, 6.45) is 1.73. The molecule has 0 saturated carbocycles. The zero-order chi connectivity index (χ0) is 13.8. The largest absolute Gasteiger partial charge is 0.468 e. The van der Waals surface area contributed by atoms with E-state index in [9.17, 15) is 0 Å². The van der Waals surface area contributed by atoms with Gasteiger partial charge in [0, 0.05) is 18.3 Å². The van der Waals surface area contributed by atoms with Gasteiger partial charge in [-0.05, 0) is 38.0 Å². The maximum atomic E-state index is 5.47. The van der Waals surface area contributed by atoms with E-state index in [-0.39, 0.29) is 0 Å². The topological polar surface area (TPSA) is 45.1 Å². The molecule has 19 heavy (non-hydrogen) atoms. The van der Waals surface area contributed by atoms with Crippen LogP contribution in [0.5, 0.6) is 0 Å². The summed E-state index contributed by atoms with van der Waals surface area (Å²) in [4.78, 5) is 2.40. The Labute approximate surface area is 114 Å². The molecule has 0 unspecified atom stereocenters. The molecule has 0 saturated heterocycles. The van der Waals surface area contributed by atoms with Gasteiger partial charge in [0.2, 0.25) is 0 Å². The fourth-order valence-corrected chi connectivity index (χ4v) is 2.13. The molecule has 1 atom stereocenters. The highest BCUT2D eigenvalue weighted by Gasteiger charge is 2.19. The average Bonchev–Trinajstić information content (AvgIpc) is 2.99.